The molecule has 0 spiro atoms. The predicted molar refractivity (Wildman–Crippen MR) is 46.7 cm³/mol. The van der Waals surface area contributed by atoms with Gasteiger partial charge < -0.3 is 9.84 Å². The van der Waals surface area contributed by atoms with Crippen molar-refractivity contribution >= 4 is 0 Å². The van der Waals surface area contributed by atoms with E-state index in [9.17, 15) is 4.39 Å². The summed E-state index contributed by atoms with van der Waals surface area (Å²) in [7, 11) is 0. The molecule has 0 aromatic rings. The first-order chi connectivity index (χ1) is 5.56. The number of alkyl halides is 1. The maximum Gasteiger partial charge on any atom is 0.203 e. The molecule has 12 heavy (non-hydrogen) atoms. The Labute approximate surface area is 73.7 Å². The summed E-state index contributed by atoms with van der Waals surface area (Å²) in [6, 6.07) is 0. The zero-order valence-electron chi connectivity index (χ0n) is 7.98. The molecule has 0 atom stereocenters. The lowest BCUT2D eigenvalue weighted by atomic mass is 10.2. The van der Waals surface area contributed by atoms with Gasteiger partial charge in [0.05, 0.1) is 6.61 Å². The van der Waals surface area contributed by atoms with Crippen LogP contribution in [0.5, 0.6) is 0 Å². The number of hydrogen-bond donors (Lipinski definition) is 1. The second-order valence-corrected chi connectivity index (χ2v) is 3.35. The highest BCUT2D eigenvalue weighted by Crippen LogP contribution is 2.11. The van der Waals surface area contributed by atoms with Gasteiger partial charge in [-0.3, -0.25) is 0 Å². The molecule has 0 saturated carbocycles. The van der Waals surface area contributed by atoms with Crippen LogP contribution in [0.2, 0.25) is 0 Å². The largest absolute Gasteiger partial charge is 0.396 e. The number of rotatable bonds is 7. The Bertz CT molecular complexity index is 99.2. The van der Waals surface area contributed by atoms with Gasteiger partial charge in [0.15, 0.2) is 0 Å². The summed E-state index contributed by atoms with van der Waals surface area (Å²) in [5.74, 6) is -1.50. The first-order valence-corrected chi connectivity index (χ1v) is 4.50. The fourth-order valence-electron chi connectivity index (χ4n) is 0.882. The van der Waals surface area contributed by atoms with E-state index in [4.69, 9.17) is 9.84 Å². The number of aliphatic hydroxyl groups excluding tert-OH is 1. The van der Waals surface area contributed by atoms with Crippen LogP contribution in [0.25, 0.3) is 0 Å². The molecule has 0 heterocycles. The van der Waals surface area contributed by atoms with Crippen LogP contribution in [0.4, 0.5) is 4.39 Å². The molecule has 0 aliphatic heterocycles. The summed E-state index contributed by atoms with van der Waals surface area (Å²) in [6.45, 7) is 3.52. The molecule has 0 saturated heterocycles. The number of hydrogen-bond acceptors (Lipinski definition) is 2. The highest BCUT2D eigenvalue weighted by Gasteiger charge is 2.13. The van der Waals surface area contributed by atoms with Gasteiger partial charge in [-0.05, 0) is 26.7 Å². The fraction of sp³-hybridized carbons (Fsp3) is 1.00. The van der Waals surface area contributed by atoms with E-state index in [1.807, 2.05) is 0 Å². The molecule has 0 radical (unpaired) electrons. The fourth-order valence-corrected chi connectivity index (χ4v) is 0.882. The lowest BCUT2D eigenvalue weighted by Gasteiger charge is -2.14. The van der Waals surface area contributed by atoms with Crippen LogP contribution in [0.1, 0.15) is 39.5 Å². The molecular formula is C9H19FO2. The molecule has 0 bridgehead atoms. The molecule has 1 N–H and O–H groups in total. The standard InChI is InChI=1S/C9H19FO2/c1-9(2,10)12-8-6-4-3-5-7-11/h11H,3-8H2,1-2H3. The monoisotopic (exact) mass is 178 g/mol. The van der Waals surface area contributed by atoms with Crippen LogP contribution in [-0.2, 0) is 4.74 Å². The summed E-state index contributed by atoms with van der Waals surface area (Å²) in [4.78, 5) is 0. The van der Waals surface area contributed by atoms with E-state index in [-0.39, 0.29) is 6.61 Å². The first-order valence-electron chi connectivity index (χ1n) is 4.50. The van der Waals surface area contributed by atoms with Crippen molar-refractivity contribution in [1.82, 2.24) is 0 Å². The highest BCUT2D eigenvalue weighted by atomic mass is 19.2. The molecule has 0 amide bonds. The summed E-state index contributed by atoms with van der Waals surface area (Å²) >= 11 is 0. The van der Waals surface area contributed by atoms with Crippen molar-refractivity contribution in [3.63, 3.8) is 0 Å². The van der Waals surface area contributed by atoms with Gasteiger partial charge in [-0.2, -0.15) is 0 Å². The van der Waals surface area contributed by atoms with E-state index in [1.54, 1.807) is 0 Å². The quantitative estimate of drug-likeness (QED) is 0.606. The second kappa shape index (κ2) is 6.38. The van der Waals surface area contributed by atoms with E-state index >= 15 is 0 Å². The molecule has 74 valence electrons. The van der Waals surface area contributed by atoms with Gasteiger partial charge in [0.2, 0.25) is 5.85 Å². The number of aliphatic hydroxyl groups is 1. The van der Waals surface area contributed by atoms with Crippen molar-refractivity contribution in [1.29, 1.82) is 0 Å². The smallest absolute Gasteiger partial charge is 0.203 e. The summed E-state index contributed by atoms with van der Waals surface area (Å²) in [6.07, 6.45) is 3.69. The van der Waals surface area contributed by atoms with Crippen molar-refractivity contribution in [3.05, 3.63) is 0 Å². The van der Waals surface area contributed by atoms with E-state index in [0.29, 0.717) is 6.61 Å². The van der Waals surface area contributed by atoms with Gasteiger partial charge in [0.25, 0.3) is 0 Å². The van der Waals surface area contributed by atoms with Gasteiger partial charge in [-0.25, -0.2) is 4.39 Å². The summed E-state index contributed by atoms with van der Waals surface area (Å²) in [5, 5.41) is 8.46. The molecule has 0 rings (SSSR count). The van der Waals surface area contributed by atoms with Gasteiger partial charge >= 0.3 is 0 Å². The van der Waals surface area contributed by atoms with Crippen LogP contribution in [0.3, 0.4) is 0 Å². The van der Waals surface area contributed by atoms with Gasteiger partial charge in [0.1, 0.15) is 0 Å². The van der Waals surface area contributed by atoms with Crippen LogP contribution < -0.4 is 0 Å². The zero-order chi connectivity index (χ0) is 9.45. The van der Waals surface area contributed by atoms with Crippen LogP contribution in [-0.4, -0.2) is 24.2 Å². The third-order valence-electron chi connectivity index (χ3n) is 1.50. The Morgan fingerprint density at radius 2 is 1.75 bits per heavy atom. The summed E-state index contributed by atoms with van der Waals surface area (Å²) < 4.78 is 17.6. The van der Waals surface area contributed by atoms with Gasteiger partial charge in [0, 0.05) is 6.61 Å². The highest BCUT2D eigenvalue weighted by molar-refractivity contribution is 4.49. The molecular weight excluding hydrogens is 159 g/mol. The Morgan fingerprint density at radius 1 is 1.17 bits per heavy atom. The molecule has 0 aliphatic rings. The average Bonchev–Trinajstić information content (AvgIpc) is 1.94. The Morgan fingerprint density at radius 3 is 2.25 bits per heavy atom. The third kappa shape index (κ3) is 9.85. The van der Waals surface area contributed by atoms with E-state index in [1.165, 1.54) is 13.8 Å². The molecule has 3 heteroatoms. The van der Waals surface area contributed by atoms with Crippen LogP contribution in [0, 0.1) is 0 Å². The van der Waals surface area contributed by atoms with Crippen molar-refractivity contribution in [2.75, 3.05) is 13.2 Å². The van der Waals surface area contributed by atoms with Gasteiger partial charge in [-0.15, -0.1) is 0 Å². The normalized spacial score (nSPS) is 12.0. The Balaban J connectivity index is 3.01. The Hall–Kier alpha value is -0.150. The lowest BCUT2D eigenvalue weighted by molar-refractivity contribution is -0.116. The number of unbranched alkanes of at least 4 members (excludes halogenated alkanes) is 3. The third-order valence-corrected chi connectivity index (χ3v) is 1.50. The van der Waals surface area contributed by atoms with Crippen molar-refractivity contribution in [3.8, 4) is 0 Å². The molecule has 0 fully saturated rings. The molecule has 0 unspecified atom stereocenters. The maximum absolute atomic E-state index is 12.7. The number of ether oxygens (including phenoxy) is 1. The van der Waals surface area contributed by atoms with E-state index in [0.717, 1.165) is 25.7 Å². The predicted octanol–water partition coefficient (Wildman–Crippen LogP) is 2.26. The maximum atomic E-state index is 12.7. The van der Waals surface area contributed by atoms with Crippen molar-refractivity contribution < 1.29 is 14.2 Å². The van der Waals surface area contributed by atoms with Gasteiger partial charge in [-0.1, -0.05) is 12.8 Å². The second-order valence-electron chi connectivity index (χ2n) is 3.35. The average molecular weight is 178 g/mol. The van der Waals surface area contributed by atoms with Crippen LogP contribution >= 0.6 is 0 Å². The minimum atomic E-state index is -1.50. The Kier molecular flexibility index (Phi) is 6.30. The SMILES string of the molecule is CC(C)(F)OCCCCCCO. The number of halogens is 1. The van der Waals surface area contributed by atoms with Crippen LogP contribution in [0.15, 0.2) is 0 Å². The molecule has 2 nitrogen and oxygen atoms in total. The molecule has 0 aromatic heterocycles. The van der Waals surface area contributed by atoms with E-state index < -0.39 is 5.85 Å². The minimum absolute atomic E-state index is 0.245. The van der Waals surface area contributed by atoms with E-state index in [2.05, 4.69) is 0 Å². The van der Waals surface area contributed by atoms with Crippen molar-refractivity contribution in [2.24, 2.45) is 0 Å². The lowest BCUT2D eigenvalue weighted by Crippen LogP contribution is -2.17. The first kappa shape index (κ1) is 11.8. The molecule has 0 aromatic carbocycles. The zero-order valence-corrected chi connectivity index (χ0v) is 7.98. The van der Waals surface area contributed by atoms with Crippen molar-refractivity contribution in [2.45, 2.75) is 45.4 Å². The summed E-state index contributed by atoms with van der Waals surface area (Å²) in [5.41, 5.74) is 0. The topological polar surface area (TPSA) is 29.5 Å². The minimum Gasteiger partial charge on any atom is -0.396 e. The molecule has 0 aliphatic carbocycles.